The van der Waals surface area contributed by atoms with Gasteiger partial charge in [0.05, 0.1) is 0 Å². The number of methoxy groups -OCH3 is 1. The van der Waals surface area contributed by atoms with Gasteiger partial charge in [0.25, 0.3) is 0 Å². The zero-order valence-corrected chi connectivity index (χ0v) is 10.9. The second-order valence-electron chi connectivity index (χ2n) is 4.07. The molecule has 1 heterocycles. The Balaban J connectivity index is 2.16. The lowest BCUT2D eigenvalue weighted by Crippen LogP contribution is -2.05. The standard InChI is InChI=1S/C15H17NO3/c1-3-7-14(18-11-17-2)15-10-13(16-19-15)12-8-5-4-6-9-12/h3-6,8-10,14H,1,7,11H2,2H3. The van der Waals surface area contributed by atoms with Crippen LogP contribution in [-0.2, 0) is 9.47 Å². The van der Waals surface area contributed by atoms with Crippen molar-refractivity contribution in [2.24, 2.45) is 0 Å². The zero-order valence-electron chi connectivity index (χ0n) is 10.9. The molecule has 4 heteroatoms. The van der Waals surface area contributed by atoms with Crippen LogP contribution >= 0.6 is 0 Å². The molecular formula is C15H17NO3. The van der Waals surface area contributed by atoms with Crippen molar-refractivity contribution >= 4 is 0 Å². The Labute approximate surface area is 112 Å². The van der Waals surface area contributed by atoms with E-state index in [0.29, 0.717) is 12.2 Å². The first kappa shape index (κ1) is 13.5. The Morgan fingerprint density at radius 1 is 1.37 bits per heavy atom. The molecule has 0 aliphatic heterocycles. The smallest absolute Gasteiger partial charge is 0.166 e. The Kier molecular flexibility index (Phi) is 4.89. The molecule has 0 radical (unpaired) electrons. The van der Waals surface area contributed by atoms with E-state index >= 15 is 0 Å². The largest absolute Gasteiger partial charge is 0.359 e. The van der Waals surface area contributed by atoms with Crippen molar-refractivity contribution in [3.63, 3.8) is 0 Å². The van der Waals surface area contributed by atoms with Crippen molar-refractivity contribution in [3.05, 3.63) is 54.8 Å². The molecule has 0 saturated carbocycles. The number of nitrogens with zero attached hydrogens (tertiary/aromatic N) is 1. The highest BCUT2D eigenvalue weighted by atomic mass is 16.7. The number of hydrogen-bond acceptors (Lipinski definition) is 4. The van der Waals surface area contributed by atoms with E-state index < -0.39 is 0 Å². The van der Waals surface area contributed by atoms with Crippen molar-refractivity contribution in [3.8, 4) is 11.3 Å². The topological polar surface area (TPSA) is 44.5 Å². The lowest BCUT2D eigenvalue weighted by molar-refractivity contribution is -0.0797. The average molecular weight is 259 g/mol. The number of rotatable bonds is 7. The summed E-state index contributed by atoms with van der Waals surface area (Å²) in [6.45, 7) is 3.92. The van der Waals surface area contributed by atoms with Crippen LogP contribution in [0.25, 0.3) is 11.3 Å². The third-order valence-electron chi connectivity index (χ3n) is 2.68. The second-order valence-corrected chi connectivity index (χ2v) is 4.07. The third kappa shape index (κ3) is 3.53. The zero-order chi connectivity index (χ0) is 13.5. The molecule has 0 saturated heterocycles. The minimum absolute atomic E-state index is 0.208. The first-order chi connectivity index (χ1) is 9.35. The molecule has 2 aromatic rings. The van der Waals surface area contributed by atoms with Gasteiger partial charge in [0.1, 0.15) is 18.6 Å². The van der Waals surface area contributed by atoms with Crippen LogP contribution in [0.5, 0.6) is 0 Å². The van der Waals surface area contributed by atoms with Crippen molar-refractivity contribution < 1.29 is 14.0 Å². The molecule has 0 fully saturated rings. The predicted octanol–water partition coefficient (Wildman–Crippen LogP) is 3.58. The summed E-state index contributed by atoms with van der Waals surface area (Å²) in [6, 6.07) is 11.8. The fraction of sp³-hybridized carbons (Fsp3) is 0.267. The maximum Gasteiger partial charge on any atom is 0.166 e. The minimum Gasteiger partial charge on any atom is -0.359 e. The quantitative estimate of drug-likeness (QED) is 0.563. The Hall–Kier alpha value is -1.91. The summed E-state index contributed by atoms with van der Waals surface area (Å²) >= 11 is 0. The first-order valence-electron chi connectivity index (χ1n) is 6.08. The molecule has 1 aromatic carbocycles. The van der Waals surface area contributed by atoms with E-state index in [9.17, 15) is 0 Å². The van der Waals surface area contributed by atoms with Gasteiger partial charge in [0, 0.05) is 18.7 Å². The lowest BCUT2D eigenvalue weighted by Gasteiger charge is -2.11. The van der Waals surface area contributed by atoms with E-state index in [4.69, 9.17) is 14.0 Å². The third-order valence-corrected chi connectivity index (χ3v) is 2.68. The predicted molar refractivity (Wildman–Crippen MR) is 72.5 cm³/mol. The van der Waals surface area contributed by atoms with Crippen LogP contribution in [0, 0.1) is 0 Å². The highest BCUT2D eigenvalue weighted by Gasteiger charge is 2.17. The van der Waals surface area contributed by atoms with Crippen molar-refractivity contribution in [2.45, 2.75) is 12.5 Å². The molecule has 100 valence electrons. The summed E-state index contributed by atoms with van der Waals surface area (Å²) in [5.41, 5.74) is 1.81. The molecule has 0 aliphatic rings. The van der Waals surface area contributed by atoms with Gasteiger partial charge in [-0.05, 0) is 6.42 Å². The van der Waals surface area contributed by atoms with Crippen LogP contribution in [0.4, 0.5) is 0 Å². The summed E-state index contributed by atoms with van der Waals surface area (Å²) in [6.07, 6.45) is 2.21. The van der Waals surface area contributed by atoms with Crippen molar-refractivity contribution in [2.75, 3.05) is 13.9 Å². The number of ether oxygens (including phenoxy) is 2. The highest BCUT2D eigenvalue weighted by molar-refractivity contribution is 5.58. The van der Waals surface area contributed by atoms with E-state index in [1.807, 2.05) is 36.4 Å². The van der Waals surface area contributed by atoms with Crippen LogP contribution in [0.3, 0.4) is 0 Å². The molecule has 1 aromatic heterocycles. The first-order valence-corrected chi connectivity index (χ1v) is 6.08. The number of benzene rings is 1. The molecule has 1 atom stereocenters. The van der Waals surface area contributed by atoms with Crippen LogP contribution in [0.15, 0.2) is 53.6 Å². The fourth-order valence-corrected chi connectivity index (χ4v) is 1.75. The van der Waals surface area contributed by atoms with Gasteiger partial charge < -0.3 is 14.0 Å². The molecule has 0 N–H and O–H groups in total. The van der Waals surface area contributed by atoms with Crippen LogP contribution in [0.2, 0.25) is 0 Å². The van der Waals surface area contributed by atoms with E-state index in [1.165, 1.54) is 0 Å². The molecule has 0 aliphatic carbocycles. The SMILES string of the molecule is C=CCC(OCOC)c1cc(-c2ccccc2)no1. The summed E-state index contributed by atoms with van der Waals surface area (Å²) in [5, 5.41) is 4.07. The maximum atomic E-state index is 5.54. The highest BCUT2D eigenvalue weighted by Crippen LogP contribution is 2.26. The normalized spacial score (nSPS) is 12.3. The second kappa shape index (κ2) is 6.87. The molecule has 0 spiro atoms. The van der Waals surface area contributed by atoms with Crippen molar-refractivity contribution in [1.82, 2.24) is 5.16 Å². The molecular weight excluding hydrogens is 242 g/mol. The summed E-state index contributed by atoms with van der Waals surface area (Å²) in [5.74, 6) is 0.677. The minimum atomic E-state index is -0.220. The van der Waals surface area contributed by atoms with Gasteiger partial charge in [-0.3, -0.25) is 0 Å². The lowest BCUT2D eigenvalue weighted by atomic mass is 10.1. The number of aromatic nitrogens is 1. The van der Waals surface area contributed by atoms with Crippen LogP contribution in [-0.4, -0.2) is 19.1 Å². The summed E-state index contributed by atoms with van der Waals surface area (Å²) in [7, 11) is 1.58. The van der Waals surface area contributed by atoms with E-state index in [1.54, 1.807) is 13.2 Å². The van der Waals surface area contributed by atoms with Gasteiger partial charge in [-0.1, -0.05) is 41.6 Å². The van der Waals surface area contributed by atoms with Gasteiger partial charge in [0.2, 0.25) is 0 Å². The van der Waals surface area contributed by atoms with Gasteiger partial charge in [0.15, 0.2) is 5.76 Å². The van der Waals surface area contributed by atoms with Crippen LogP contribution < -0.4 is 0 Å². The molecule has 0 bridgehead atoms. The fourth-order valence-electron chi connectivity index (χ4n) is 1.75. The molecule has 2 rings (SSSR count). The molecule has 4 nitrogen and oxygen atoms in total. The molecule has 1 unspecified atom stereocenters. The van der Waals surface area contributed by atoms with E-state index in [0.717, 1.165) is 11.3 Å². The molecule has 0 amide bonds. The van der Waals surface area contributed by atoms with Gasteiger partial charge in [-0.2, -0.15) is 0 Å². The Morgan fingerprint density at radius 3 is 2.84 bits per heavy atom. The summed E-state index contributed by atoms with van der Waals surface area (Å²) < 4.78 is 15.8. The average Bonchev–Trinajstić information content (AvgIpc) is 2.94. The monoisotopic (exact) mass is 259 g/mol. The molecule has 19 heavy (non-hydrogen) atoms. The summed E-state index contributed by atoms with van der Waals surface area (Å²) in [4.78, 5) is 0. The van der Waals surface area contributed by atoms with Gasteiger partial charge >= 0.3 is 0 Å². The Bertz CT molecular complexity index is 507. The Morgan fingerprint density at radius 2 is 2.16 bits per heavy atom. The van der Waals surface area contributed by atoms with E-state index in [-0.39, 0.29) is 12.9 Å². The van der Waals surface area contributed by atoms with E-state index in [2.05, 4.69) is 11.7 Å². The maximum absolute atomic E-state index is 5.54. The van der Waals surface area contributed by atoms with Crippen molar-refractivity contribution in [1.29, 1.82) is 0 Å². The van der Waals surface area contributed by atoms with Gasteiger partial charge in [-0.15, -0.1) is 6.58 Å². The number of hydrogen-bond donors (Lipinski definition) is 0. The van der Waals surface area contributed by atoms with Gasteiger partial charge in [-0.25, -0.2) is 0 Å². The van der Waals surface area contributed by atoms with Crippen LogP contribution in [0.1, 0.15) is 18.3 Å².